The number of carbonyl (C=O) groups excluding carboxylic acids is 1. The summed E-state index contributed by atoms with van der Waals surface area (Å²) in [6, 6.07) is 16.9. The molecule has 0 bridgehead atoms. The lowest BCUT2D eigenvalue weighted by atomic mass is 10.0. The maximum Gasteiger partial charge on any atom is 0.279 e. The maximum absolute atomic E-state index is 12.5. The number of methoxy groups -OCH3 is 1. The lowest BCUT2D eigenvalue weighted by molar-refractivity contribution is -0.916. The molecule has 0 radical (unpaired) electrons. The predicted octanol–water partition coefficient (Wildman–Crippen LogP) is 3.00. The molecule has 3 rings (SSSR count). The van der Waals surface area contributed by atoms with Crippen LogP contribution in [0.5, 0.6) is 5.75 Å². The number of rotatable bonds is 8. The van der Waals surface area contributed by atoms with E-state index in [4.69, 9.17) is 4.74 Å². The van der Waals surface area contributed by atoms with E-state index < -0.39 is 0 Å². The van der Waals surface area contributed by atoms with Crippen LogP contribution in [-0.2, 0) is 11.3 Å². The van der Waals surface area contributed by atoms with Gasteiger partial charge in [0.1, 0.15) is 12.3 Å². The highest BCUT2D eigenvalue weighted by Gasteiger charge is 2.34. The number of anilines is 1. The topological polar surface area (TPSA) is 42.8 Å². The van der Waals surface area contributed by atoms with Crippen LogP contribution in [0.3, 0.4) is 0 Å². The van der Waals surface area contributed by atoms with Gasteiger partial charge in [-0.3, -0.25) is 4.79 Å². The summed E-state index contributed by atoms with van der Waals surface area (Å²) in [6.07, 6.45) is 2.42. The minimum absolute atomic E-state index is 0.0812. The van der Waals surface area contributed by atoms with E-state index in [1.54, 1.807) is 7.11 Å². The van der Waals surface area contributed by atoms with Crippen LogP contribution in [0.1, 0.15) is 43.7 Å². The minimum Gasteiger partial charge on any atom is -0.497 e. The maximum atomic E-state index is 12.5. The second-order valence-electron chi connectivity index (χ2n) is 7.46. The van der Waals surface area contributed by atoms with Gasteiger partial charge < -0.3 is 15.0 Å². The van der Waals surface area contributed by atoms with Crippen molar-refractivity contribution in [1.82, 2.24) is 0 Å². The summed E-state index contributed by atoms with van der Waals surface area (Å²) in [5.74, 6) is 1.45. The first kappa shape index (κ1) is 18.5. The third-order valence-electron chi connectivity index (χ3n) is 4.99. The number of nitrogens with one attached hydrogen (secondary N) is 2. The van der Waals surface area contributed by atoms with Crippen LogP contribution in [0.25, 0.3) is 0 Å². The smallest absolute Gasteiger partial charge is 0.279 e. The summed E-state index contributed by atoms with van der Waals surface area (Å²) < 4.78 is 5.22. The van der Waals surface area contributed by atoms with Crippen molar-refractivity contribution in [3.05, 3.63) is 59.7 Å². The van der Waals surface area contributed by atoms with Gasteiger partial charge in [0.25, 0.3) is 5.91 Å². The van der Waals surface area contributed by atoms with Crippen molar-refractivity contribution in [3.8, 4) is 5.75 Å². The minimum atomic E-state index is 0.0812. The van der Waals surface area contributed by atoms with Crippen molar-refractivity contribution in [1.29, 1.82) is 0 Å². The van der Waals surface area contributed by atoms with Crippen molar-refractivity contribution < 1.29 is 14.4 Å². The third-order valence-corrected chi connectivity index (χ3v) is 4.99. The monoisotopic (exact) mass is 353 g/mol. The summed E-state index contributed by atoms with van der Waals surface area (Å²) in [5.41, 5.74) is 3.40. The van der Waals surface area contributed by atoms with Gasteiger partial charge in [-0.2, -0.15) is 0 Å². The Kier molecular flexibility index (Phi) is 5.94. The molecule has 0 aromatic heterocycles. The number of benzene rings is 2. The molecule has 1 atom stereocenters. The predicted molar refractivity (Wildman–Crippen MR) is 105 cm³/mol. The van der Waals surface area contributed by atoms with Crippen LogP contribution < -0.4 is 15.0 Å². The molecule has 1 amide bonds. The largest absolute Gasteiger partial charge is 0.497 e. The standard InChI is InChI=1S/C22H28N2O2/c1-16(2)18-6-8-19(9-7-18)23-22(25)15-24(20-10-11-20)14-17-4-12-21(26-3)13-5-17/h4-9,12-13,16,20H,10-11,14-15H2,1-3H3,(H,23,25)/p+1. The van der Waals surface area contributed by atoms with Crippen LogP contribution >= 0.6 is 0 Å². The molecule has 2 aromatic rings. The molecule has 1 aliphatic carbocycles. The van der Waals surface area contributed by atoms with E-state index in [1.807, 2.05) is 24.3 Å². The molecule has 26 heavy (non-hydrogen) atoms. The van der Waals surface area contributed by atoms with E-state index in [2.05, 4.69) is 43.4 Å². The normalized spacial score (nSPS) is 14.9. The Bertz CT molecular complexity index is 719. The molecule has 1 fully saturated rings. The van der Waals surface area contributed by atoms with E-state index in [0.29, 0.717) is 18.5 Å². The Hall–Kier alpha value is -2.33. The summed E-state index contributed by atoms with van der Waals surface area (Å²) >= 11 is 0. The van der Waals surface area contributed by atoms with Crippen molar-refractivity contribution >= 4 is 11.6 Å². The summed E-state index contributed by atoms with van der Waals surface area (Å²) in [5, 5.41) is 3.05. The molecule has 0 aliphatic heterocycles. The number of hydrogen-bond donors (Lipinski definition) is 2. The average molecular weight is 353 g/mol. The van der Waals surface area contributed by atoms with Gasteiger partial charge in [0.05, 0.1) is 13.2 Å². The Morgan fingerprint density at radius 2 is 1.77 bits per heavy atom. The van der Waals surface area contributed by atoms with Crippen LogP contribution in [0.15, 0.2) is 48.5 Å². The SMILES string of the molecule is COc1ccc(C[NH+](CC(=O)Nc2ccc(C(C)C)cc2)C2CC2)cc1. The van der Waals surface area contributed by atoms with E-state index in [0.717, 1.165) is 18.0 Å². The van der Waals surface area contributed by atoms with E-state index in [9.17, 15) is 4.79 Å². The number of hydrogen-bond acceptors (Lipinski definition) is 2. The highest BCUT2D eigenvalue weighted by Crippen LogP contribution is 2.18. The molecular formula is C22H29N2O2+. The van der Waals surface area contributed by atoms with Gasteiger partial charge in [-0.05, 0) is 47.9 Å². The number of amides is 1. The van der Waals surface area contributed by atoms with E-state index in [1.165, 1.54) is 28.9 Å². The number of carbonyl (C=O) groups is 1. The first-order chi connectivity index (χ1) is 12.5. The molecule has 2 N–H and O–H groups in total. The molecular weight excluding hydrogens is 324 g/mol. The molecule has 4 nitrogen and oxygen atoms in total. The number of ether oxygens (including phenoxy) is 1. The Morgan fingerprint density at radius 3 is 2.31 bits per heavy atom. The zero-order chi connectivity index (χ0) is 18.5. The molecule has 1 saturated carbocycles. The molecule has 0 heterocycles. The highest BCUT2D eigenvalue weighted by molar-refractivity contribution is 5.91. The molecule has 0 spiro atoms. The summed E-state index contributed by atoms with van der Waals surface area (Å²) in [6.45, 7) is 5.71. The van der Waals surface area contributed by atoms with Crippen molar-refractivity contribution in [2.24, 2.45) is 0 Å². The zero-order valence-corrected chi connectivity index (χ0v) is 15.9. The van der Waals surface area contributed by atoms with E-state index in [-0.39, 0.29) is 5.91 Å². The van der Waals surface area contributed by atoms with Crippen LogP contribution in [0.4, 0.5) is 5.69 Å². The molecule has 138 valence electrons. The Morgan fingerprint density at radius 1 is 1.12 bits per heavy atom. The van der Waals surface area contributed by atoms with Crippen LogP contribution in [-0.4, -0.2) is 25.6 Å². The Labute approximate surface area is 156 Å². The van der Waals surface area contributed by atoms with Crippen molar-refractivity contribution in [2.75, 3.05) is 19.0 Å². The van der Waals surface area contributed by atoms with Crippen LogP contribution in [0, 0.1) is 0 Å². The van der Waals surface area contributed by atoms with Crippen molar-refractivity contribution in [2.45, 2.75) is 45.2 Å². The first-order valence-electron chi connectivity index (χ1n) is 9.42. The quantitative estimate of drug-likeness (QED) is 0.766. The van der Waals surface area contributed by atoms with Gasteiger partial charge in [-0.1, -0.05) is 26.0 Å². The first-order valence-corrected chi connectivity index (χ1v) is 9.42. The number of quaternary nitrogens is 1. The van der Waals surface area contributed by atoms with Gasteiger partial charge in [0.2, 0.25) is 0 Å². The van der Waals surface area contributed by atoms with Gasteiger partial charge in [0, 0.05) is 24.1 Å². The highest BCUT2D eigenvalue weighted by atomic mass is 16.5. The lowest BCUT2D eigenvalue weighted by Crippen LogP contribution is -3.13. The van der Waals surface area contributed by atoms with Gasteiger partial charge >= 0.3 is 0 Å². The summed E-state index contributed by atoms with van der Waals surface area (Å²) in [4.78, 5) is 13.9. The fourth-order valence-electron chi connectivity index (χ4n) is 3.21. The fourth-order valence-corrected chi connectivity index (χ4v) is 3.21. The molecule has 4 heteroatoms. The van der Waals surface area contributed by atoms with Gasteiger partial charge in [-0.15, -0.1) is 0 Å². The third kappa shape index (κ3) is 5.09. The van der Waals surface area contributed by atoms with Gasteiger partial charge in [-0.25, -0.2) is 0 Å². The second-order valence-corrected chi connectivity index (χ2v) is 7.46. The van der Waals surface area contributed by atoms with Gasteiger partial charge in [0.15, 0.2) is 6.54 Å². The Balaban J connectivity index is 1.57. The molecule has 1 unspecified atom stereocenters. The molecule has 2 aromatic carbocycles. The summed E-state index contributed by atoms with van der Waals surface area (Å²) in [7, 11) is 1.68. The van der Waals surface area contributed by atoms with E-state index >= 15 is 0 Å². The molecule has 0 saturated heterocycles. The zero-order valence-electron chi connectivity index (χ0n) is 15.9. The van der Waals surface area contributed by atoms with Crippen LogP contribution in [0.2, 0.25) is 0 Å². The second kappa shape index (κ2) is 8.37. The fraction of sp³-hybridized carbons (Fsp3) is 0.409. The average Bonchev–Trinajstić information content (AvgIpc) is 3.47. The molecule has 1 aliphatic rings. The van der Waals surface area contributed by atoms with Crippen molar-refractivity contribution in [3.63, 3.8) is 0 Å². The lowest BCUT2D eigenvalue weighted by Gasteiger charge is -2.19.